The molecule has 0 N–H and O–H groups in total. The summed E-state index contributed by atoms with van der Waals surface area (Å²) in [4.78, 5) is 17.8. The molecule has 0 saturated carbocycles. The lowest BCUT2D eigenvalue weighted by molar-refractivity contribution is 0.355. The summed E-state index contributed by atoms with van der Waals surface area (Å²) >= 11 is 1.31. The van der Waals surface area contributed by atoms with Crippen LogP contribution in [0.2, 0.25) is 0 Å². The van der Waals surface area contributed by atoms with Gasteiger partial charge >= 0.3 is 0 Å². The normalized spacial score (nSPS) is 11.9. The molecule has 4 rings (SSSR count). The maximum absolute atomic E-state index is 12.7. The van der Waals surface area contributed by atoms with Crippen molar-refractivity contribution in [1.82, 2.24) is 14.6 Å². The van der Waals surface area contributed by atoms with Gasteiger partial charge in [0.1, 0.15) is 0 Å². The van der Waals surface area contributed by atoms with E-state index in [1.54, 1.807) is 20.3 Å². The molecule has 2 aromatic heterocycles. The van der Waals surface area contributed by atoms with Crippen molar-refractivity contribution in [1.29, 1.82) is 0 Å². The highest BCUT2D eigenvalue weighted by Crippen LogP contribution is 2.27. The summed E-state index contributed by atoms with van der Waals surface area (Å²) in [5, 5.41) is 4.41. The van der Waals surface area contributed by atoms with Gasteiger partial charge in [0.05, 0.1) is 18.8 Å². The van der Waals surface area contributed by atoms with Gasteiger partial charge in [0.25, 0.3) is 5.56 Å². The number of benzene rings is 2. The number of rotatable bonds is 4. The van der Waals surface area contributed by atoms with E-state index in [9.17, 15) is 4.79 Å². The van der Waals surface area contributed by atoms with E-state index in [-0.39, 0.29) is 5.56 Å². The van der Waals surface area contributed by atoms with Crippen LogP contribution in [0.4, 0.5) is 0 Å². The van der Waals surface area contributed by atoms with Gasteiger partial charge in [0.15, 0.2) is 17.3 Å². The quantitative estimate of drug-likeness (QED) is 0.545. The fourth-order valence-electron chi connectivity index (χ4n) is 2.87. The minimum absolute atomic E-state index is 0.183. The van der Waals surface area contributed by atoms with Crippen LogP contribution in [0.5, 0.6) is 11.5 Å². The lowest BCUT2D eigenvalue weighted by Gasteiger charge is -2.07. The Bertz CT molecular complexity index is 1240. The largest absolute Gasteiger partial charge is 0.493 e. The van der Waals surface area contributed by atoms with Crippen molar-refractivity contribution in [2.24, 2.45) is 0 Å². The highest BCUT2D eigenvalue weighted by atomic mass is 32.1. The van der Waals surface area contributed by atoms with Crippen molar-refractivity contribution in [3.8, 4) is 22.9 Å². The Kier molecular flexibility index (Phi) is 4.37. The second kappa shape index (κ2) is 6.85. The van der Waals surface area contributed by atoms with E-state index in [0.717, 1.165) is 16.7 Å². The highest BCUT2D eigenvalue weighted by Gasteiger charge is 2.13. The van der Waals surface area contributed by atoms with Gasteiger partial charge in [-0.05, 0) is 36.3 Å². The number of aromatic nitrogens is 3. The van der Waals surface area contributed by atoms with E-state index in [1.807, 2.05) is 49.4 Å². The number of ether oxygens (including phenoxy) is 2. The number of aryl methyl sites for hydroxylation is 1. The summed E-state index contributed by atoms with van der Waals surface area (Å²) < 4.78 is 12.5. The van der Waals surface area contributed by atoms with Crippen molar-refractivity contribution >= 4 is 22.4 Å². The fourth-order valence-corrected chi connectivity index (χ4v) is 3.77. The molecule has 2 heterocycles. The third kappa shape index (κ3) is 3.06. The van der Waals surface area contributed by atoms with Crippen molar-refractivity contribution in [2.75, 3.05) is 14.2 Å². The smallest absolute Gasteiger partial charge is 0.291 e. The molecule has 0 radical (unpaired) electrons. The van der Waals surface area contributed by atoms with Crippen LogP contribution < -0.4 is 19.6 Å². The Morgan fingerprint density at radius 3 is 2.56 bits per heavy atom. The van der Waals surface area contributed by atoms with Gasteiger partial charge in [-0.25, -0.2) is 0 Å². The van der Waals surface area contributed by atoms with Crippen molar-refractivity contribution in [3.05, 3.63) is 68.5 Å². The van der Waals surface area contributed by atoms with Gasteiger partial charge in [0.2, 0.25) is 4.96 Å². The van der Waals surface area contributed by atoms with E-state index >= 15 is 0 Å². The first-order valence-corrected chi connectivity index (χ1v) is 9.11. The molecule has 136 valence electrons. The molecule has 0 unspecified atom stereocenters. The van der Waals surface area contributed by atoms with Crippen LogP contribution in [0.15, 0.2) is 47.3 Å². The molecule has 0 saturated heterocycles. The molecular weight excluding hydrogens is 362 g/mol. The van der Waals surface area contributed by atoms with Gasteiger partial charge in [-0.2, -0.15) is 9.50 Å². The molecule has 6 nitrogen and oxygen atoms in total. The first kappa shape index (κ1) is 17.2. The maximum atomic E-state index is 12.7. The van der Waals surface area contributed by atoms with Crippen molar-refractivity contribution < 1.29 is 9.47 Å². The van der Waals surface area contributed by atoms with Gasteiger partial charge in [-0.3, -0.25) is 4.79 Å². The molecule has 7 heteroatoms. The van der Waals surface area contributed by atoms with Crippen LogP contribution >= 0.6 is 11.3 Å². The monoisotopic (exact) mass is 379 g/mol. The average molecular weight is 379 g/mol. The molecule has 4 aromatic rings. The molecule has 0 bridgehead atoms. The number of hydrogen-bond acceptors (Lipinski definition) is 6. The average Bonchev–Trinajstić information content (AvgIpc) is 3.21. The highest BCUT2D eigenvalue weighted by molar-refractivity contribution is 7.15. The standard InChI is InChI=1S/C20H17N3O3S/c1-12-6-4-5-7-14(12)18-21-20-23(22-18)19(24)17(27-20)11-13-8-9-15(25-2)16(10-13)26-3/h4-11H,1-3H3. The zero-order valence-electron chi connectivity index (χ0n) is 15.1. The summed E-state index contributed by atoms with van der Waals surface area (Å²) in [6.45, 7) is 2.00. The van der Waals surface area contributed by atoms with Crippen LogP contribution in [0, 0.1) is 6.92 Å². The number of thiazole rings is 1. The summed E-state index contributed by atoms with van der Waals surface area (Å²) in [5.41, 5.74) is 2.66. The Labute approximate surface area is 159 Å². The van der Waals surface area contributed by atoms with Gasteiger partial charge in [-0.15, -0.1) is 5.10 Å². The Morgan fingerprint density at radius 1 is 1.07 bits per heavy atom. The predicted molar refractivity (Wildman–Crippen MR) is 106 cm³/mol. The predicted octanol–water partition coefficient (Wildman–Crippen LogP) is 2.69. The molecule has 0 aliphatic heterocycles. The minimum Gasteiger partial charge on any atom is -0.493 e. The zero-order valence-corrected chi connectivity index (χ0v) is 15.9. The molecule has 2 aromatic carbocycles. The summed E-state index contributed by atoms with van der Waals surface area (Å²) in [6, 6.07) is 13.4. The molecular formula is C20H17N3O3S. The van der Waals surface area contributed by atoms with E-state index < -0.39 is 0 Å². The number of nitrogens with zero attached hydrogens (tertiary/aromatic N) is 3. The molecule has 0 aliphatic rings. The van der Waals surface area contributed by atoms with Crippen LogP contribution in [-0.4, -0.2) is 28.8 Å². The van der Waals surface area contributed by atoms with E-state index in [4.69, 9.17) is 9.47 Å². The Hall–Kier alpha value is -3.19. The lowest BCUT2D eigenvalue weighted by Crippen LogP contribution is -2.23. The SMILES string of the molecule is COc1ccc(C=c2sc3nc(-c4ccccc4C)nn3c2=O)cc1OC. The molecule has 0 atom stereocenters. The van der Waals surface area contributed by atoms with Crippen molar-refractivity contribution in [3.63, 3.8) is 0 Å². The first-order valence-electron chi connectivity index (χ1n) is 8.30. The second-order valence-electron chi connectivity index (χ2n) is 5.97. The van der Waals surface area contributed by atoms with Gasteiger partial charge < -0.3 is 9.47 Å². The topological polar surface area (TPSA) is 65.7 Å². The van der Waals surface area contributed by atoms with E-state index in [0.29, 0.717) is 26.8 Å². The van der Waals surface area contributed by atoms with Crippen LogP contribution in [0.3, 0.4) is 0 Å². The van der Waals surface area contributed by atoms with E-state index in [1.165, 1.54) is 15.9 Å². The molecule has 0 spiro atoms. The summed E-state index contributed by atoms with van der Waals surface area (Å²) in [7, 11) is 3.17. The third-order valence-corrected chi connectivity index (χ3v) is 5.23. The number of hydrogen-bond donors (Lipinski definition) is 0. The number of fused-ring (bicyclic) bond motifs is 1. The fraction of sp³-hybridized carbons (Fsp3) is 0.150. The van der Waals surface area contributed by atoms with Crippen LogP contribution in [-0.2, 0) is 0 Å². The second-order valence-corrected chi connectivity index (χ2v) is 6.98. The summed E-state index contributed by atoms with van der Waals surface area (Å²) in [6.07, 6.45) is 1.80. The molecule has 0 fully saturated rings. The summed E-state index contributed by atoms with van der Waals surface area (Å²) in [5.74, 6) is 1.82. The molecule has 0 aliphatic carbocycles. The zero-order chi connectivity index (χ0) is 19.0. The minimum atomic E-state index is -0.183. The van der Waals surface area contributed by atoms with Gasteiger partial charge in [0, 0.05) is 5.56 Å². The Morgan fingerprint density at radius 2 is 1.85 bits per heavy atom. The van der Waals surface area contributed by atoms with Gasteiger partial charge in [-0.1, -0.05) is 41.7 Å². The Balaban J connectivity index is 1.79. The first-order chi connectivity index (χ1) is 13.1. The van der Waals surface area contributed by atoms with Crippen LogP contribution in [0.25, 0.3) is 22.4 Å². The lowest BCUT2D eigenvalue weighted by atomic mass is 10.1. The third-order valence-electron chi connectivity index (χ3n) is 4.27. The van der Waals surface area contributed by atoms with E-state index in [2.05, 4.69) is 10.1 Å². The van der Waals surface area contributed by atoms with Crippen molar-refractivity contribution in [2.45, 2.75) is 6.92 Å². The molecule has 0 amide bonds. The van der Waals surface area contributed by atoms with Crippen LogP contribution in [0.1, 0.15) is 11.1 Å². The maximum Gasteiger partial charge on any atom is 0.291 e. The molecule has 27 heavy (non-hydrogen) atoms. The number of methoxy groups -OCH3 is 2.